The van der Waals surface area contributed by atoms with Gasteiger partial charge in [-0.3, -0.25) is 4.79 Å². The van der Waals surface area contributed by atoms with Gasteiger partial charge in [-0.1, -0.05) is 58.4 Å². The van der Waals surface area contributed by atoms with Crippen LogP contribution in [0.1, 0.15) is 40.3 Å². The minimum Gasteiger partial charge on any atom is -0.342 e. The third-order valence-corrected chi connectivity index (χ3v) is 5.59. The lowest BCUT2D eigenvalue weighted by molar-refractivity contribution is 0.0937. The molecule has 0 aliphatic heterocycles. The molecule has 4 rings (SSSR count). The number of carbonyl (C=O) groups excluding carboxylic acids is 1. The summed E-state index contributed by atoms with van der Waals surface area (Å²) in [7, 11) is 0. The molecule has 0 aliphatic rings. The van der Waals surface area contributed by atoms with Gasteiger partial charge in [0, 0.05) is 16.6 Å². The summed E-state index contributed by atoms with van der Waals surface area (Å²) < 4.78 is 3.08. The van der Waals surface area contributed by atoms with Gasteiger partial charge in [-0.2, -0.15) is 0 Å². The first kappa shape index (κ1) is 19.4. The highest BCUT2D eigenvalue weighted by atomic mass is 79.9. The van der Waals surface area contributed by atoms with Gasteiger partial charge in [0.2, 0.25) is 0 Å². The van der Waals surface area contributed by atoms with Gasteiger partial charge in [-0.15, -0.1) is 0 Å². The second kappa shape index (κ2) is 8.21. The van der Waals surface area contributed by atoms with E-state index in [2.05, 4.69) is 57.0 Å². The van der Waals surface area contributed by atoms with Crippen molar-refractivity contribution in [3.8, 4) is 0 Å². The molecule has 5 heteroatoms. The minimum atomic E-state index is -0.238. The molecule has 3 aromatic carbocycles. The lowest BCUT2D eigenvalue weighted by Gasteiger charge is -2.17. The molecule has 0 radical (unpaired) electrons. The van der Waals surface area contributed by atoms with Crippen LogP contribution in [0.25, 0.3) is 11.0 Å². The zero-order valence-electron chi connectivity index (χ0n) is 16.4. The van der Waals surface area contributed by atoms with Crippen LogP contribution in [-0.2, 0) is 6.54 Å². The molecule has 146 valence electrons. The number of aromatic nitrogens is 2. The number of nitrogens with zero attached hydrogens (tertiary/aromatic N) is 2. The first-order valence-electron chi connectivity index (χ1n) is 9.59. The second-order valence-electron chi connectivity index (χ2n) is 7.18. The van der Waals surface area contributed by atoms with E-state index in [0.717, 1.165) is 21.3 Å². The monoisotopic (exact) mass is 447 g/mol. The molecule has 4 aromatic rings. The molecule has 1 amide bonds. The van der Waals surface area contributed by atoms with Crippen molar-refractivity contribution in [2.45, 2.75) is 26.4 Å². The van der Waals surface area contributed by atoms with Gasteiger partial charge in [0.25, 0.3) is 5.91 Å². The Labute approximate surface area is 178 Å². The zero-order chi connectivity index (χ0) is 20.4. The molecule has 4 nitrogen and oxygen atoms in total. The predicted octanol–water partition coefficient (Wildman–Crippen LogP) is 5.65. The molecule has 0 fully saturated rings. The quantitative estimate of drug-likeness (QED) is 0.429. The first-order chi connectivity index (χ1) is 14.0. The molecular formula is C24H22BrN3O. The number of hydrogen-bond acceptors (Lipinski definition) is 2. The molecule has 29 heavy (non-hydrogen) atoms. The zero-order valence-corrected chi connectivity index (χ0v) is 18.0. The van der Waals surface area contributed by atoms with E-state index in [9.17, 15) is 4.79 Å². The van der Waals surface area contributed by atoms with Gasteiger partial charge in [0.15, 0.2) is 0 Å². The van der Waals surface area contributed by atoms with Crippen LogP contribution in [0.4, 0.5) is 0 Å². The Bertz CT molecular complexity index is 1180. The molecule has 0 saturated carbocycles. The molecule has 0 bridgehead atoms. The number of hydrogen-bond donors (Lipinski definition) is 1. The van der Waals surface area contributed by atoms with Gasteiger partial charge in [-0.05, 0) is 55.3 Å². The lowest BCUT2D eigenvalue weighted by atomic mass is 10.1. The van der Waals surface area contributed by atoms with Crippen molar-refractivity contribution in [1.82, 2.24) is 14.9 Å². The lowest BCUT2D eigenvalue weighted by Crippen LogP contribution is -2.28. The van der Waals surface area contributed by atoms with E-state index >= 15 is 0 Å². The number of halogens is 1. The number of nitrogens with one attached hydrogen (secondary N) is 1. The molecule has 1 aromatic heterocycles. The second-order valence-corrected chi connectivity index (χ2v) is 8.09. The Morgan fingerprint density at radius 3 is 2.62 bits per heavy atom. The number of rotatable bonds is 5. The van der Waals surface area contributed by atoms with Crippen molar-refractivity contribution < 1.29 is 4.79 Å². The largest absolute Gasteiger partial charge is 0.342 e. The third-order valence-electron chi connectivity index (χ3n) is 5.10. The molecule has 1 unspecified atom stereocenters. The van der Waals surface area contributed by atoms with Crippen LogP contribution in [0, 0.1) is 6.92 Å². The van der Waals surface area contributed by atoms with Crippen LogP contribution in [0.3, 0.4) is 0 Å². The number of imidazole rings is 1. The standard InChI is InChI=1S/C24H22BrN3O/c1-16-8-3-4-9-19(16)15-28-22-13-6-5-12-21(22)27-23(28)17(2)26-24(29)18-10-7-11-20(25)14-18/h3-14,17H,15H2,1-2H3,(H,26,29). The number of fused-ring (bicyclic) bond motifs is 1. The Hall–Kier alpha value is -2.92. The highest BCUT2D eigenvalue weighted by Gasteiger charge is 2.19. The fourth-order valence-electron chi connectivity index (χ4n) is 3.52. The van der Waals surface area contributed by atoms with Gasteiger partial charge < -0.3 is 9.88 Å². The number of aryl methyl sites for hydroxylation is 1. The van der Waals surface area contributed by atoms with Crippen molar-refractivity contribution in [3.05, 3.63) is 99.8 Å². The number of benzene rings is 3. The van der Waals surface area contributed by atoms with E-state index < -0.39 is 0 Å². The Morgan fingerprint density at radius 2 is 1.83 bits per heavy atom. The number of carbonyl (C=O) groups is 1. The molecule has 1 N–H and O–H groups in total. The summed E-state index contributed by atoms with van der Waals surface area (Å²) in [6.45, 7) is 4.80. The van der Waals surface area contributed by atoms with Crippen LogP contribution in [0.5, 0.6) is 0 Å². The van der Waals surface area contributed by atoms with Crippen LogP contribution < -0.4 is 5.32 Å². The Balaban J connectivity index is 1.69. The van der Waals surface area contributed by atoms with Gasteiger partial charge >= 0.3 is 0 Å². The summed E-state index contributed by atoms with van der Waals surface area (Å²) in [6.07, 6.45) is 0. The van der Waals surface area contributed by atoms with Crippen molar-refractivity contribution in [2.24, 2.45) is 0 Å². The summed E-state index contributed by atoms with van der Waals surface area (Å²) in [5, 5.41) is 3.10. The van der Waals surface area contributed by atoms with Crippen LogP contribution in [0.2, 0.25) is 0 Å². The van der Waals surface area contributed by atoms with E-state index in [0.29, 0.717) is 12.1 Å². The Morgan fingerprint density at radius 1 is 1.07 bits per heavy atom. The summed E-state index contributed by atoms with van der Waals surface area (Å²) in [5.74, 6) is 0.728. The normalized spacial score (nSPS) is 12.1. The molecule has 1 atom stereocenters. The fraction of sp³-hybridized carbons (Fsp3) is 0.167. The minimum absolute atomic E-state index is 0.117. The first-order valence-corrected chi connectivity index (χ1v) is 10.4. The maximum Gasteiger partial charge on any atom is 0.251 e. The van der Waals surface area contributed by atoms with Gasteiger partial charge in [0.05, 0.1) is 17.1 Å². The van der Waals surface area contributed by atoms with Crippen molar-refractivity contribution in [3.63, 3.8) is 0 Å². The summed E-state index contributed by atoms with van der Waals surface area (Å²) >= 11 is 3.42. The van der Waals surface area contributed by atoms with E-state index in [1.165, 1.54) is 11.1 Å². The van der Waals surface area contributed by atoms with Crippen molar-refractivity contribution >= 4 is 32.9 Å². The SMILES string of the molecule is Cc1ccccc1Cn1c(C(C)NC(=O)c2cccc(Br)c2)nc2ccccc21. The van der Waals surface area contributed by atoms with Crippen molar-refractivity contribution in [2.75, 3.05) is 0 Å². The average Bonchev–Trinajstić information content (AvgIpc) is 3.08. The van der Waals surface area contributed by atoms with E-state index in [-0.39, 0.29) is 11.9 Å². The summed E-state index contributed by atoms with van der Waals surface area (Å²) in [6, 6.07) is 23.6. The number of amides is 1. The molecule has 0 spiro atoms. The smallest absolute Gasteiger partial charge is 0.251 e. The van der Waals surface area contributed by atoms with Gasteiger partial charge in [-0.25, -0.2) is 4.98 Å². The van der Waals surface area contributed by atoms with E-state index in [4.69, 9.17) is 4.98 Å². The highest BCUT2D eigenvalue weighted by molar-refractivity contribution is 9.10. The van der Waals surface area contributed by atoms with E-state index in [1.54, 1.807) is 0 Å². The molecular weight excluding hydrogens is 426 g/mol. The van der Waals surface area contributed by atoms with Crippen LogP contribution in [0.15, 0.2) is 77.3 Å². The Kier molecular flexibility index (Phi) is 5.49. The predicted molar refractivity (Wildman–Crippen MR) is 120 cm³/mol. The number of para-hydroxylation sites is 2. The highest BCUT2D eigenvalue weighted by Crippen LogP contribution is 2.23. The van der Waals surface area contributed by atoms with E-state index in [1.807, 2.05) is 55.5 Å². The maximum absolute atomic E-state index is 12.8. The summed E-state index contributed by atoms with van der Waals surface area (Å²) in [5.41, 5.74) is 5.09. The maximum atomic E-state index is 12.8. The fourth-order valence-corrected chi connectivity index (χ4v) is 3.92. The van der Waals surface area contributed by atoms with Crippen molar-refractivity contribution in [1.29, 1.82) is 0 Å². The van der Waals surface area contributed by atoms with Gasteiger partial charge in [0.1, 0.15) is 5.82 Å². The average molecular weight is 448 g/mol. The molecule has 1 heterocycles. The topological polar surface area (TPSA) is 46.9 Å². The van der Waals surface area contributed by atoms with Crippen LogP contribution >= 0.6 is 15.9 Å². The molecule has 0 aliphatic carbocycles. The summed E-state index contributed by atoms with van der Waals surface area (Å²) in [4.78, 5) is 17.6. The molecule has 0 saturated heterocycles. The van der Waals surface area contributed by atoms with Crippen LogP contribution in [-0.4, -0.2) is 15.5 Å². The third kappa shape index (κ3) is 4.10.